The molecule has 0 bridgehead atoms. The van der Waals surface area contributed by atoms with Crippen LogP contribution in [0, 0.1) is 5.92 Å². The van der Waals surface area contributed by atoms with Gasteiger partial charge >= 0.3 is 0 Å². The fraction of sp³-hybridized carbons (Fsp3) is 0.900. The van der Waals surface area contributed by atoms with Crippen molar-refractivity contribution in [1.29, 1.82) is 0 Å². The maximum Gasteiger partial charge on any atom is 0.226 e. The van der Waals surface area contributed by atoms with Gasteiger partial charge in [0.2, 0.25) is 5.91 Å². The van der Waals surface area contributed by atoms with Crippen molar-refractivity contribution in [2.24, 2.45) is 5.92 Å². The molecule has 1 fully saturated rings. The third kappa shape index (κ3) is 4.33. The van der Waals surface area contributed by atoms with Crippen molar-refractivity contribution in [3.63, 3.8) is 0 Å². The Kier molecular flexibility index (Phi) is 6.00. The molecule has 0 aromatic carbocycles. The first kappa shape index (κ1) is 13.3. The van der Waals surface area contributed by atoms with Gasteiger partial charge in [-0.25, -0.2) is 0 Å². The molecule has 1 amide bonds. The Bertz CT molecular complexity index is 210. The summed E-state index contributed by atoms with van der Waals surface area (Å²) < 4.78 is 5.02. The quantitative estimate of drug-likeness (QED) is 0.722. The van der Waals surface area contributed by atoms with E-state index in [0.717, 1.165) is 17.9 Å². The number of carbonyl (C=O) groups is 1. The molecule has 15 heavy (non-hydrogen) atoms. The van der Waals surface area contributed by atoms with Crippen LogP contribution < -0.4 is 0 Å². The number of carbonyl (C=O) groups excluding carboxylic acids is 1. The number of hydrogen-bond donors (Lipinski definition) is 0. The van der Waals surface area contributed by atoms with Crippen molar-refractivity contribution in [2.75, 3.05) is 38.8 Å². The van der Waals surface area contributed by atoms with Crippen molar-refractivity contribution < 1.29 is 9.53 Å². The first-order valence-electron chi connectivity index (χ1n) is 5.11. The van der Waals surface area contributed by atoms with Gasteiger partial charge in [-0.3, -0.25) is 4.79 Å². The van der Waals surface area contributed by atoms with Gasteiger partial charge in [0.05, 0.1) is 11.4 Å². The van der Waals surface area contributed by atoms with Crippen LogP contribution in [-0.4, -0.2) is 54.4 Å². The number of halogens is 1. The zero-order chi connectivity index (χ0) is 11.3. The molecule has 3 nitrogen and oxygen atoms in total. The third-order valence-corrected chi connectivity index (χ3v) is 4.19. The molecule has 88 valence electrons. The van der Waals surface area contributed by atoms with Gasteiger partial charge in [-0.15, -0.1) is 0 Å². The fourth-order valence-corrected chi connectivity index (χ4v) is 3.57. The SMILES string of the molecule is COCC(Br)CN(C)C(=O)C1CCSC1. The van der Waals surface area contributed by atoms with Crippen LogP contribution in [0.25, 0.3) is 0 Å². The Morgan fingerprint density at radius 1 is 1.73 bits per heavy atom. The molecule has 0 saturated carbocycles. The van der Waals surface area contributed by atoms with Gasteiger partial charge in [0.25, 0.3) is 0 Å². The Morgan fingerprint density at radius 2 is 2.47 bits per heavy atom. The van der Waals surface area contributed by atoms with Crippen LogP contribution in [-0.2, 0) is 9.53 Å². The second-order valence-corrected chi connectivity index (χ2v) is 6.28. The Hall–Kier alpha value is 0.260. The number of amides is 1. The van der Waals surface area contributed by atoms with Crippen LogP contribution in [0.1, 0.15) is 6.42 Å². The van der Waals surface area contributed by atoms with Crippen molar-refractivity contribution in [3.05, 3.63) is 0 Å². The van der Waals surface area contributed by atoms with Crippen molar-refractivity contribution in [1.82, 2.24) is 4.90 Å². The van der Waals surface area contributed by atoms with Crippen LogP contribution in [0.15, 0.2) is 0 Å². The average molecular weight is 296 g/mol. The first-order valence-corrected chi connectivity index (χ1v) is 7.18. The molecule has 1 rings (SSSR count). The summed E-state index contributed by atoms with van der Waals surface area (Å²) >= 11 is 5.36. The maximum absolute atomic E-state index is 11.9. The molecule has 0 radical (unpaired) electrons. The summed E-state index contributed by atoms with van der Waals surface area (Å²) in [5.74, 6) is 2.63. The molecule has 5 heteroatoms. The lowest BCUT2D eigenvalue weighted by atomic mass is 10.1. The molecular formula is C10H18BrNO2S. The number of alkyl halides is 1. The van der Waals surface area contributed by atoms with Gasteiger partial charge < -0.3 is 9.64 Å². The molecule has 1 aliphatic heterocycles. The van der Waals surface area contributed by atoms with Crippen LogP contribution in [0.4, 0.5) is 0 Å². The first-order chi connectivity index (χ1) is 7.15. The Balaban J connectivity index is 2.31. The van der Waals surface area contributed by atoms with Crippen LogP contribution in [0.5, 0.6) is 0 Å². The van der Waals surface area contributed by atoms with Crippen molar-refractivity contribution in [3.8, 4) is 0 Å². The zero-order valence-electron chi connectivity index (χ0n) is 9.24. The van der Waals surface area contributed by atoms with Gasteiger partial charge in [0, 0.05) is 32.4 Å². The van der Waals surface area contributed by atoms with E-state index >= 15 is 0 Å². The fourth-order valence-electron chi connectivity index (χ4n) is 1.66. The van der Waals surface area contributed by atoms with E-state index in [-0.39, 0.29) is 16.7 Å². The summed E-state index contributed by atoms with van der Waals surface area (Å²) in [7, 11) is 3.54. The summed E-state index contributed by atoms with van der Waals surface area (Å²) in [4.78, 5) is 14.0. The topological polar surface area (TPSA) is 29.5 Å². The number of hydrogen-bond acceptors (Lipinski definition) is 3. The van der Waals surface area contributed by atoms with Crippen LogP contribution in [0.2, 0.25) is 0 Å². The highest BCUT2D eigenvalue weighted by Crippen LogP contribution is 2.25. The summed E-state index contributed by atoms with van der Waals surface area (Å²) in [5.41, 5.74) is 0. The molecule has 2 unspecified atom stereocenters. The lowest BCUT2D eigenvalue weighted by Crippen LogP contribution is -2.37. The Labute approximate surface area is 104 Å². The van der Waals surface area contributed by atoms with Crippen molar-refractivity contribution in [2.45, 2.75) is 11.2 Å². The molecule has 1 saturated heterocycles. The average Bonchev–Trinajstić information content (AvgIpc) is 2.69. The van der Waals surface area contributed by atoms with E-state index < -0.39 is 0 Å². The third-order valence-electron chi connectivity index (χ3n) is 2.47. The van der Waals surface area contributed by atoms with Gasteiger partial charge in [-0.1, -0.05) is 15.9 Å². The van der Waals surface area contributed by atoms with E-state index in [1.165, 1.54) is 0 Å². The highest BCUT2D eigenvalue weighted by molar-refractivity contribution is 9.09. The van der Waals surface area contributed by atoms with E-state index in [0.29, 0.717) is 13.2 Å². The standard InChI is InChI=1S/C10H18BrNO2S/c1-12(5-9(11)6-14-2)10(13)8-3-4-15-7-8/h8-9H,3-7H2,1-2H3. The molecule has 0 aromatic heterocycles. The minimum atomic E-state index is 0.227. The van der Waals surface area contributed by atoms with E-state index in [1.807, 2.05) is 23.7 Å². The molecule has 0 aliphatic carbocycles. The monoisotopic (exact) mass is 295 g/mol. The lowest BCUT2D eigenvalue weighted by Gasteiger charge is -2.23. The molecule has 0 spiro atoms. The number of nitrogens with zero attached hydrogens (tertiary/aromatic N) is 1. The predicted molar refractivity (Wildman–Crippen MR) is 67.7 cm³/mol. The van der Waals surface area contributed by atoms with E-state index in [1.54, 1.807) is 7.11 Å². The molecule has 0 aromatic rings. The molecule has 0 N–H and O–H groups in total. The highest BCUT2D eigenvalue weighted by Gasteiger charge is 2.26. The highest BCUT2D eigenvalue weighted by atomic mass is 79.9. The van der Waals surface area contributed by atoms with E-state index in [9.17, 15) is 4.79 Å². The summed E-state index contributed by atoms with van der Waals surface area (Å²) in [6.07, 6.45) is 1.03. The van der Waals surface area contributed by atoms with E-state index in [2.05, 4.69) is 15.9 Å². The van der Waals surface area contributed by atoms with Crippen LogP contribution in [0.3, 0.4) is 0 Å². The predicted octanol–water partition coefficient (Wildman–Crippen LogP) is 1.61. The molecule has 1 aliphatic rings. The van der Waals surface area contributed by atoms with E-state index in [4.69, 9.17) is 4.74 Å². The van der Waals surface area contributed by atoms with Crippen LogP contribution >= 0.6 is 27.7 Å². The molecule has 2 atom stereocenters. The number of rotatable bonds is 5. The second-order valence-electron chi connectivity index (χ2n) is 3.83. The second kappa shape index (κ2) is 6.76. The zero-order valence-corrected chi connectivity index (χ0v) is 11.6. The summed E-state index contributed by atoms with van der Waals surface area (Å²) in [6, 6.07) is 0. The number of methoxy groups -OCH3 is 1. The number of ether oxygens (including phenoxy) is 1. The summed E-state index contributed by atoms with van der Waals surface area (Å²) in [6.45, 7) is 1.35. The lowest BCUT2D eigenvalue weighted by molar-refractivity contribution is -0.133. The van der Waals surface area contributed by atoms with Gasteiger partial charge in [0.15, 0.2) is 0 Å². The minimum Gasteiger partial charge on any atom is -0.383 e. The van der Waals surface area contributed by atoms with Gasteiger partial charge in [-0.05, 0) is 12.2 Å². The number of thioether (sulfide) groups is 1. The molecular weight excluding hydrogens is 278 g/mol. The largest absolute Gasteiger partial charge is 0.383 e. The van der Waals surface area contributed by atoms with Crippen molar-refractivity contribution >= 4 is 33.6 Å². The van der Waals surface area contributed by atoms with Gasteiger partial charge in [-0.2, -0.15) is 11.8 Å². The smallest absolute Gasteiger partial charge is 0.226 e. The molecule has 1 heterocycles. The minimum absolute atomic E-state index is 0.227. The van der Waals surface area contributed by atoms with Gasteiger partial charge in [0.1, 0.15) is 0 Å². The normalized spacial score (nSPS) is 22.7. The maximum atomic E-state index is 11.9. The Morgan fingerprint density at radius 3 is 3.00 bits per heavy atom. The summed E-state index contributed by atoms with van der Waals surface area (Å²) in [5, 5.41) is 0.